The smallest absolute Gasteiger partial charge is 0.262 e. The zero-order valence-corrected chi connectivity index (χ0v) is 18.6. The molecule has 0 unspecified atom stereocenters. The second-order valence-corrected chi connectivity index (χ2v) is 8.23. The molecule has 0 bridgehead atoms. The van der Waals surface area contributed by atoms with E-state index >= 15 is 0 Å². The second kappa shape index (κ2) is 8.99. The van der Waals surface area contributed by atoms with E-state index in [9.17, 15) is 13.6 Å². The van der Waals surface area contributed by atoms with E-state index in [-0.39, 0.29) is 18.2 Å². The van der Waals surface area contributed by atoms with Crippen LogP contribution in [0.15, 0.2) is 76.4 Å². The van der Waals surface area contributed by atoms with Crippen molar-refractivity contribution < 1.29 is 18.3 Å². The number of ether oxygens (including phenoxy) is 1. The summed E-state index contributed by atoms with van der Waals surface area (Å²) >= 11 is 1.25. The molecule has 0 atom stereocenters. The third kappa shape index (κ3) is 4.35. The number of anilines is 1. The Balaban J connectivity index is 1.68. The molecule has 0 saturated heterocycles. The summed E-state index contributed by atoms with van der Waals surface area (Å²) in [6.45, 7) is 1.80. The summed E-state index contributed by atoms with van der Waals surface area (Å²) in [5.41, 5.74) is 3.48. The molecule has 1 amide bonds. The first-order valence-electron chi connectivity index (χ1n) is 10.2. The third-order valence-corrected chi connectivity index (χ3v) is 5.88. The highest BCUT2D eigenvalue weighted by atomic mass is 32.1. The van der Waals surface area contributed by atoms with Gasteiger partial charge in [-0.3, -0.25) is 9.78 Å². The van der Waals surface area contributed by atoms with E-state index in [0.717, 1.165) is 23.3 Å². The number of pyridine rings is 1. The first-order valence-corrected chi connectivity index (χ1v) is 11.1. The number of carbonyl (C=O) groups excluding carboxylic acids is 1. The normalized spacial score (nSPS) is 13.9. The van der Waals surface area contributed by atoms with Crippen LogP contribution in [-0.2, 0) is 4.79 Å². The lowest BCUT2D eigenvalue weighted by atomic mass is 10.1. The molecular weight excluding hydrogens is 460 g/mol. The molecule has 1 N–H and O–H groups in total. The highest BCUT2D eigenvalue weighted by molar-refractivity contribution is 7.07. The Morgan fingerprint density at radius 1 is 1.15 bits per heavy atom. The van der Waals surface area contributed by atoms with Gasteiger partial charge in [-0.15, -0.1) is 11.3 Å². The Kier molecular flexibility index (Phi) is 5.72. The van der Waals surface area contributed by atoms with E-state index in [4.69, 9.17) is 9.84 Å². The minimum Gasteiger partial charge on any atom is -0.482 e. The van der Waals surface area contributed by atoms with Crippen molar-refractivity contribution in [3.63, 3.8) is 0 Å². The average molecular weight is 477 g/mol. The van der Waals surface area contributed by atoms with Crippen LogP contribution in [0.25, 0.3) is 11.3 Å². The number of nitrogens with zero attached hydrogens (tertiary/aromatic N) is 4. The lowest BCUT2D eigenvalue weighted by molar-refractivity contribution is -0.118. The Bertz CT molecular complexity index is 1490. The van der Waals surface area contributed by atoms with Crippen LogP contribution in [0.4, 0.5) is 20.2 Å². The van der Waals surface area contributed by atoms with E-state index < -0.39 is 11.6 Å². The summed E-state index contributed by atoms with van der Waals surface area (Å²) in [5, 5.41) is 9.37. The summed E-state index contributed by atoms with van der Waals surface area (Å²) in [6.07, 6.45) is 3.33. The summed E-state index contributed by atoms with van der Waals surface area (Å²) < 4.78 is 34.7. The van der Waals surface area contributed by atoms with Crippen molar-refractivity contribution in [2.24, 2.45) is 10.1 Å². The van der Waals surface area contributed by atoms with Crippen LogP contribution in [-0.4, -0.2) is 27.9 Å². The van der Waals surface area contributed by atoms with E-state index in [2.05, 4.69) is 15.3 Å². The molecule has 3 heterocycles. The molecule has 170 valence electrons. The maximum absolute atomic E-state index is 14.3. The van der Waals surface area contributed by atoms with Crippen LogP contribution in [0.1, 0.15) is 12.5 Å². The molecule has 0 saturated carbocycles. The molecule has 1 aliphatic rings. The number of halogens is 2. The Hall–Kier alpha value is -4.18. The fraction of sp³-hybridized carbons (Fsp3) is 0.0833. The number of hydrogen-bond acceptors (Lipinski definition) is 6. The molecule has 0 fully saturated rings. The molecule has 1 aliphatic heterocycles. The fourth-order valence-corrected chi connectivity index (χ4v) is 4.23. The number of nitrogens with one attached hydrogen (secondary N) is 1. The SMILES string of the molecule is CC(=Nn1c(-c2ccc3c(c2)NC(=O)CO3)csc1=Nc1ccc(F)cc1F)c1ccncc1. The van der Waals surface area contributed by atoms with E-state index in [1.165, 1.54) is 17.4 Å². The number of rotatable bonds is 4. The van der Waals surface area contributed by atoms with Gasteiger partial charge in [0.1, 0.15) is 17.3 Å². The van der Waals surface area contributed by atoms with Gasteiger partial charge >= 0.3 is 0 Å². The van der Waals surface area contributed by atoms with Crippen molar-refractivity contribution in [3.8, 4) is 17.0 Å². The Labute approximate surface area is 196 Å². The van der Waals surface area contributed by atoms with Gasteiger partial charge in [0.15, 0.2) is 12.4 Å². The van der Waals surface area contributed by atoms with Gasteiger partial charge in [0, 0.05) is 35.0 Å². The molecule has 2 aromatic heterocycles. The predicted octanol–water partition coefficient (Wildman–Crippen LogP) is 4.73. The number of aromatic nitrogens is 2. The van der Waals surface area contributed by atoms with E-state index in [1.807, 2.05) is 30.5 Å². The molecule has 0 spiro atoms. The standard InChI is InChI=1S/C24H17F2N5O2S/c1-14(15-6-8-27-9-7-15)30-31-21(16-2-5-22-20(10-16)28-23(32)12-33-22)13-34-24(31)29-19-4-3-17(25)11-18(19)26/h2-11,13H,12H2,1H3,(H,28,32). The maximum atomic E-state index is 14.3. The van der Waals surface area contributed by atoms with Gasteiger partial charge in [-0.25, -0.2) is 18.4 Å². The number of fused-ring (bicyclic) bond motifs is 1. The van der Waals surface area contributed by atoms with Crippen LogP contribution < -0.4 is 14.9 Å². The lowest BCUT2D eigenvalue weighted by Crippen LogP contribution is -2.25. The quantitative estimate of drug-likeness (QED) is 0.432. The van der Waals surface area contributed by atoms with Crippen LogP contribution in [0.5, 0.6) is 5.75 Å². The van der Waals surface area contributed by atoms with Crippen LogP contribution in [0.2, 0.25) is 0 Å². The van der Waals surface area contributed by atoms with Gasteiger partial charge in [-0.05, 0) is 49.4 Å². The van der Waals surface area contributed by atoms with Crippen molar-refractivity contribution in [2.75, 3.05) is 11.9 Å². The molecule has 10 heteroatoms. The van der Waals surface area contributed by atoms with Gasteiger partial charge in [-0.1, -0.05) is 0 Å². The summed E-state index contributed by atoms with van der Waals surface area (Å²) in [7, 11) is 0. The molecular formula is C24H17F2N5O2S. The van der Waals surface area contributed by atoms with Crippen LogP contribution in [0, 0.1) is 11.6 Å². The minimum absolute atomic E-state index is 0.00795. The largest absolute Gasteiger partial charge is 0.482 e. The van der Waals surface area contributed by atoms with Gasteiger partial charge in [0.05, 0.1) is 17.1 Å². The highest BCUT2D eigenvalue weighted by Gasteiger charge is 2.18. The number of carbonyl (C=O) groups is 1. The highest BCUT2D eigenvalue weighted by Crippen LogP contribution is 2.33. The second-order valence-electron chi connectivity index (χ2n) is 7.39. The van der Waals surface area contributed by atoms with Crippen molar-refractivity contribution in [2.45, 2.75) is 6.92 Å². The monoisotopic (exact) mass is 477 g/mol. The zero-order valence-electron chi connectivity index (χ0n) is 17.8. The molecule has 0 aliphatic carbocycles. The van der Waals surface area contributed by atoms with E-state index in [0.29, 0.717) is 27.6 Å². The molecule has 4 aromatic rings. The summed E-state index contributed by atoms with van der Waals surface area (Å²) in [4.78, 5) is 20.6. The van der Waals surface area contributed by atoms with Crippen molar-refractivity contribution in [1.82, 2.24) is 9.66 Å². The molecule has 2 aromatic carbocycles. The number of amides is 1. The van der Waals surface area contributed by atoms with Crippen LogP contribution >= 0.6 is 11.3 Å². The third-order valence-electron chi connectivity index (χ3n) is 5.07. The minimum atomic E-state index is -0.773. The lowest BCUT2D eigenvalue weighted by Gasteiger charge is -2.18. The fourth-order valence-electron chi connectivity index (χ4n) is 3.39. The maximum Gasteiger partial charge on any atom is 0.262 e. The van der Waals surface area contributed by atoms with Gasteiger partial charge < -0.3 is 10.1 Å². The summed E-state index contributed by atoms with van der Waals surface area (Å²) in [5.74, 6) is -1.12. The summed E-state index contributed by atoms with van der Waals surface area (Å²) in [6, 6.07) is 12.3. The van der Waals surface area contributed by atoms with Crippen molar-refractivity contribution in [3.05, 3.63) is 88.3 Å². The molecule has 7 nitrogen and oxygen atoms in total. The predicted molar refractivity (Wildman–Crippen MR) is 125 cm³/mol. The average Bonchev–Trinajstić information content (AvgIpc) is 3.22. The van der Waals surface area contributed by atoms with Gasteiger partial charge in [-0.2, -0.15) is 5.10 Å². The van der Waals surface area contributed by atoms with Crippen molar-refractivity contribution >= 4 is 34.3 Å². The topological polar surface area (TPSA) is 80.9 Å². The molecule has 5 rings (SSSR count). The van der Waals surface area contributed by atoms with Crippen LogP contribution in [0.3, 0.4) is 0 Å². The zero-order chi connectivity index (χ0) is 23.7. The first-order chi connectivity index (χ1) is 16.5. The number of thiazole rings is 1. The van der Waals surface area contributed by atoms with E-state index in [1.54, 1.807) is 29.2 Å². The molecule has 34 heavy (non-hydrogen) atoms. The van der Waals surface area contributed by atoms with Gasteiger partial charge in [0.25, 0.3) is 5.91 Å². The molecule has 0 radical (unpaired) electrons. The van der Waals surface area contributed by atoms with Crippen molar-refractivity contribution in [1.29, 1.82) is 0 Å². The van der Waals surface area contributed by atoms with Gasteiger partial charge in [0.2, 0.25) is 4.80 Å². The Morgan fingerprint density at radius 2 is 1.97 bits per heavy atom. The Morgan fingerprint density at radius 3 is 2.76 bits per heavy atom. The number of benzene rings is 2. The number of hydrogen-bond donors (Lipinski definition) is 1. The first kappa shape index (κ1) is 21.7.